The van der Waals surface area contributed by atoms with E-state index in [9.17, 15) is 4.39 Å². The smallest absolute Gasteiger partial charge is 0.129 e. The van der Waals surface area contributed by atoms with Crippen LogP contribution in [0.2, 0.25) is 19.6 Å². The van der Waals surface area contributed by atoms with E-state index >= 15 is 0 Å². The molecule has 2 aromatic rings. The van der Waals surface area contributed by atoms with Gasteiger partial charge in [0.25, 0.3) is 0 Å². The molecule has 0 fully saturated rings. The Kier molecular flexibility index (Phi) is 5.06. The molecule has 0 aliphatic heterocycles. The van der Waals surface area contributed by atoms with Gasteiger partial charge in [0.15, 0.2) is 0 Å². The van der Waals surface area contributed by atoms with Crippen LogP contribution in [0.1, 0.15) is 5.56 Å². The van der Waals surface area contributed by atoms with Crippen molar-refractivity contribution < 1.29 is 4.39 Å². The second-order valence-electron chi connectivity index (χ2n) is 5.82. The second kappa shape index (κ2) is 6.99. The third-order valence-electron chi connectivity index (χ3n) is 2.65. The van der Waals surface area contributed by atoms with Gasteiger partial charge in [0.2, 0.25) is 0 Å². The number of rotatable bonds is 2. The van der Waals surface area contributed by atoms with E-state index in [1.807, 2.05) is 24.3 Å². The molecule has 110 valence electrons. The van der Waals surface area contributed by atoms with Gasteiger partial charge < -0.3 is 0 Å². The standard InChI is InChI=1S/C18H17FN2Si/c1-22(2,3)13-12-15-6-4-5-7-18(15)21-14-20-17-10-8-16(19)9-11-17/h4-11H,1-3H3. The number of aliphatic imine (C=N–C) groups is 2. The van der Waals surface area contributed by atoms with Crippen molar-refractivity contribution in [2.24, 2.45) is 9.98 Å². The average Bonchev–Trinajstić information content (AvgIpc) is 2.47. The van der Waals surface area contributed by atoms with E-state index < -0.39 is 8.07 Å². The van der Waals surface area contributed by atoms with E-state index in [0.29, 0.717) is 5.69 Å². The first-order valence-electron chi connectivity index (χ1n) is 6.98. The summed E-state index contributed by atoms with van der Waals surface area (Å²) in [5.74, 6) is 2.91. The summed E-state index contributed by atoms with van der Waals surface area (Å²) in [4.78, 5) is 8.30. The number of hydrogen-bond donors (Lipinski definition) is 0. The van der Waals surface area contributed by atoms with Gasteiger partial charge in [0.1, 0.15) is 19.9 Å². The fourth-order valence-electron chi connectivity index (χ4n) is 1.58. The largest absolute Gasteiger partial charge is 0.207 e. The van der Waals surface area contributed by atoms with Crippen LogP contribution in [0.3, 0.4) is 0 Å². The Hall–Kier alpha value is -2.47. The van der Waals surface area contributed by atoms with Gasteiger partial charge >= 0.3 is 0 Å². The lowest BCUT2D eigenvalue weighted by atomic mass is 10.2. The molecule has 2 aromatic carbocycles. The van der Waals surface area contributed by atoms with Gasteiger partial charge in [0.05, 0.1) is 16.9 Å². The molecule has 0 amide bonds. The highest BCUT2D eigenvalue weighted by Gasteiger charge is 2.07. The topological polar surface area (TPSA) is 24.7 Å². The Morgan fingerprint density at radius 1 is 0.909 bits per heavy atom. The Labute approximate surface area is 131 Å². The molecule has 0 N–H and O–H groups in total. The molecule has 2 nitrogen and oxygen atoms in total. The fraction of sp³-hybridized carbons (Fsp3) is 0.167. The summed E-state index contributed by atoms with van der Waals surface area (Å²) in [5.41, 5.74) is 5.53. The van der Waals surface area contributed by atoms with Crippen LogP contribution in [-0.4, -0.2) is 14.1 Å². The van der Waals surface area contributed by atoms with Crippen molar-refractivity contribution in [3.63, 3.8) is 0 Å². The molecule has 0 bridgehead atoms. The Bertz CT molecular complexity index is 771. The molecule has 0 saturated heterocycles. The van der Waals surface area contributed by atoms with Crippen LogP contribution < -0.4 is 0 Å². The summed E-state index contributed by atoms with van der Waals surface area (Å²) in [6.07, 6.45) is 0. The van der Waals surface area contributed by atoms with Gasteiger partial charge in [-0.2, -0.15) is 9.98 Å². The first kappa shape index (κ1) is 15.9. The average molecular weight is 308 g/mol. The van der Waals surface area contributed by atoms with Gasteiger partial charge in [-0.3, -0.25) is 0 Å². The Morgan fingerprint density at radius 3 is 2.27 bits per heavy atom. The molecule has 0 aliphatic carbocycles. The molecule has 0 spiro atoms. The zero-order chi connectivity index (χ0) is 16.0. The summed E-state index contributed by atoms with van der Waals surface area (Å²) in [5, 5.41) is 0. The summed E-state index contributed by atoms with van der Waals surface area (Å²) < 4.78 is 12.8. The van der Waals surface area contributed by atoms with Crippen molar-refractivity contribution >= 4 is 25.5 Å². The molecule has 0 aromatic heterocycles. The minimum atomic E-state index is -1.43. The monoisotopic (exact) mass is 308 g/mol. The van der Waals surface area contributed by atoms with Crippen LogP contribution in [0.25, 0.3) is 0 Å². The maximum atomic E-state index is 12.8. The quantitative estimate of drug-likeness (QED) is 0.414. The third-order valence-corrected chi connectivity index (χ3v) is 3.53. The van der Waals surface area contributed by atoms with Gasteiger partial charge in [-0.05, 0) is 36.4 Å². The highest BCUT2D eigenvalue weighted by atomic mass is 28.3. The fourth-order valence-corrected chi connectivity index (χ4v) is 2.09. The van der Waals surface area contributed by atoms with Crippen molar-refractivity contribution in [1.82, 2.24) is 0 Å². The van der Waals surface area contributed by atoms with Crippen molar-refractivity contribution in [2.45, 2.75) is 19.6 Å². The van der Waals surface area contributed by atoms with Crippen LogP contribution in [0.15, 0.2) is 58.5 Å². The lowest BCUT2D eigenvalue weighted by Gasteiger charge is -2.03. The highest BCUT2D eigenvalue weighted by molar-refractivity contribution is 6.83. The first-order chi connectivity index (χ1) is 10.4. The summed E-state index contributed by atoms with van der Waals surface area (Å²) in [6, 6.07) is 16.2. The number of hydrogen-bond acceptors (Lipinski definition) is 2. The summed E-state index contributed by atoms with van der Waals surface area (Å²) >= 11 is 0. The predicted octanol–water partition coefficient (Wildman–Crippen LogP) is 5.19. The van der Waals surface area contributed by atoms with E-state index in [0.717, 1.165) is 11.3 Å². The first-order valence-corrected chi connectivity index (χ1v) is 10.5. The van der Waals surface area contributed by atoms with Crippen LogP contribution in [0.4, 0.5) is 15.8 Å². The Balaban J connectivity index is 2.27. The zero-order valence-corrected chi connectivity index (χ0v) is 13.9. The van der Waals surface area contributed by atoms with E-state index in [4.69, 9.17) is 0 Å². The third kappa shape index (κ3) is 5.14. The molecule has 2 rings (SSSR count). The molecule has 0 atom stereocenters. The minimum Gasteiger partial charge on any atom is -0.207 e. The second-order valence-corrected chi connectivity index (χ2v) is 10.6. The molecule has 22 heavy (non-hydrogen) atoms. The summed E-state index contributed by atoms with van der Waals surface area (Å²) in [7, 11) is -1.43. The number of para-hydroxylation sites is 1. The number of benzene rings is 2. The molecule has 0 saturated carbocycles. The van der Waals surface area contributed by atoms with Crippen molar-refractivity contribution in [3.8, 4) is 11.5 Å². The van der Waals surface area contributed by atoms with Gasteiger partial charge in [0, 0.05) is 0 Å². The Morgan fingerprint density at radius 2 is 1.59 bits per heavy atom. The molecule has 0 heterocycles. The van der Waals surface area contributed by atoms with Gasteiger partial charge in [-0.1, -0.05) is 37.7 Å². The molecule has 0 radical (unpaired) electrons. The maximum absolute atomic E-state index is 12.8. The van der Waals surface area contributed by atoms with Crippen LogP contribution in [-0.2, 0) is 0 Å². The normalized spacial score (nSPS) is 10.2. The van der Waals surface area contributed by atoms with E-state index in [-0.39, 0.29) is 5.82 Å². The van der Waals surface area contributed by atoms with Crippen LogP contribution >= 0.6 is 0 Å². The summed E-state index contributed by atoms with van der Waals surface area (Å²) in [6.45, 7) is 6.59. The lowest BCUT2D eigenvalue weighted by Crippen LogP contribution is -2.16. The lowest BCUT2D eigenvalue weighted by molar-refractivity contribution is 0.628. The van der Waals surface area contributed by atoms with Gasteiger partial charge in [-0.25, -0.2) is 4.39 Å². The molecule has 4 heteroatoms. The van der Waals surface area contributed by atoms with E-state index in [1.165, 1.54) is 12.1 Å². The van der Waals surface area contributed by atoms with Crippen LogP contribution in [0, 0.1) is 17.3 Å². The predicted molar refractivity (Wildman–Crippen MR) is 92.2 cm³/mol. The van der Waals surface area contributed by atoms with E-state index in [1.54, 1.807) is 12.1 Å². The molecule has 0 aliphatic rings. The van der Waals surface area contributed by atoms with Crippen molar-refractivity contribution in [2.75, 3.05) is 0 Å². The molecular weight excluding hydrogens is 291 g/mol. The van der Waals surface area contributed by atoms with Crippen molar-refractivity contribution in [3.05, 3.63) is 59.9 Å². The highest BCUT2D eigenvalue weighted by Crippen LogP contribution is 2.17. The maximum Gasteiger partial charge on any atom is 0.129 e. The van der Waals surface area contributed by atoms with Gasteiger partial charge in [-0.15, -0.1) is 5.54 Å². The van der Waals surface area contributed by atoms with Crippen molar-refractivity contribution in [1.29, 1.82) is 0 Å². The van der Waals surface area contributed by atoms with Crippen LogP contribution in [0.5, 0.6) is 0 Å². The van der Waals surface area contributed by atoms with E-state index in [2.05, 4.69) is 47.1 Å². The number of nitrogens with zero attached hydrogens (tertiary/aromatic N) is 2. The SMILES string of the molecule is C[Si](C)(C)C#Cc1ccccc1N=C=Nc1ccc(F)cc1. The molecular formula is C18H17FN2Si. The minimum absolute atomic E-state index is 0.289. The molecule has 0 unspecified atom stereocenters. The number of halogens is 1. The zero-order valence-electron chi connectivity index (χ0n) is 12.9.